The number of ether oxygens (including phenoxy) is 2. The standard InChI is InChI=1S/C18H24BrNO4/c1-11-6-4-5-7-16(11)20-17(21)12(2)24-18(22)14-10-13(23-3)8-9-15(14)19/h8-12,16H,4-7H2,1-3H3,(H,20,21)/t11-,12-,16-/m1/s1. The predicted molar refractivity (Wildman–Crippen MR) is 95.1 cm³/mol. The second-order valence-corrected chi connectivity index (χ2v) is 7.12. The second-order valence-electron chi connectivity index (χ2n) is 6.27. The highest BCUT2D eigenvalue weighted by molar-refractivity contribution is 9.10. The molecule has 1 aromatic carbocycles. The molecule has 0 bridgehead atoms. The fraction of sp³-hybridized carbons (Fsp3) is 0.556. The minimum absolute atomic E-state index is 0.163. The molecule has 132 valence electrons. The summed E-state index contributed by atoms with van der Waals surface area (Å²) in [6.45, 7) is 3.74. The van der Waals surface area contributed by atoms with Crippen molar-refractivity contribution in [2.45, 2.75) is 51.7 Å². The van der Waals surface area contributed by atoms with Crippen LogP contribution < -0.4 is 10.1 Å². The molecule has 1 N–H and O–H groups in total. The predicted octanol–water partition coefficient (Wildman–Crippen LogP) is 3.70. The van der Waals surface area contributed by atoms with Crippen molar-refractivity contribution in [3.8, 4) is 5.75 Å². The molecule has 5 nitrogen and oxygen atoms in total. The molecular formula is C18H24BrNO4. The summed E-state index contributed by atoms with van der Waals surface area (Å²) in [4.78, 5) is 24.6. The Morgan fingerprint density at radius 1 is 1.29 bits per heavy atom. The van der Waals surface area contributed by atoms with E-state index < -0.39 is 12.1 Å². The second kappa shape index (κ2) is 8.51. The molecule has 6 heteroatoms. The van der Waals surface area contributed by atoms with Crippen LogP contribution in [0.5, 0.6) is 5.75 Å². The monoisotopic (exact) mass is 397 g/mol. The van der Waals surface area contributed by atoms with Crippen LogP contribution >= 0.6 is 15.9 Å². The molecule has 0 aliphatic heterocycles. The van der Waals surface area contributed by atoms with Gasteiger partial charge in [0.1, 0.15) is 5.75 Å². The first-order valence-electron chi connectivity index (χ1n) is 8.27. The van der Waals surface area contributed by atoms with E-state index in [2.05, 4.69) is 28.2 Å². The van der Waals surface area contributed by atoms with Gasteiger partial charge in [-0.1, -0.05) is 19.8 Å². The van der Waals surface area contributed by atoms with Gasteiger partial charge in [-0.3, -0.25) is 4.79 Å². The summed E-state index contributed by atoms with van der Waals surface area (Å²) in [6, 6.07) is 5.20. The van der Waals surface area contributed by atoms with Crippen molar-refractivity contribution in [1.82, 2.24) is 5.32 Å². The number of esters is 1. The molecule has 0 radical (unpaired) electrons. The van der Waals surface area contributed by atoms with Crippen LogP contribution in [0.2, 0.25) is 0 Å². The quantitative estimate of drug-likeness (QED) is 0.769. The minimum atomic E-state index is -0.843. The zero-order valence-electron chi connectivity index (χ0n) is 14.3. The normalized spacial score (nSPS) is 21.7. The Balaban J connectivity index is 1.96. The van der Waals surface area contributed by atoms with Crippen molar-refractivity contribution in [1.29, 1.82) is 0 Å². The summed E-state index contributed by atoms with van der Waals surface area (Å²) in [6.07, 6.45) is 3.59. The maximum absolute atomic E-state index is 12.3. The molecule has 0 saturated heterocycles. The molecule has 1 fully saturated rings. The van der Waals surface area contributed by atoms with Crippen LogP contribution in [0.15, 0.2) is 22.7 Å². The Kier molecular flexibility index (Phi) is 6.66. The number of nitrogens with one attached hydrogen (secondary N) is 1. The van der Waals surface area contributed by atoms with E-state index in [1.54, 1.807) is 25.1 Å². The van der Waals surface area contributed by atoms with Gasteiger partial charge in [0.05, 0.1) is 12.7 Å². The largest absolute Gasteiger partial charge is 0.497 e. The average Bonchev–Trinajstić information content (AvgIpc) is 2.57. The topological polar surface area (TPSA) is 64.6 Å². The Bertz CT molecular complexity index is 605. The van der Waals surface area contributed by atoms with E-state index in [-0.39, 0.29) is 11.9 Å². The molecular weight excluding hydrogens is 374 g/mol. The van der Waals surface area contributed by atoms with Gasteiger partial charge in [0, 0.05) is 10.5 Å². The van der Waals surface area contributed by atoms with Crippen molar-refractivity contribution in [2.75, 3.05) is 7.11 Å². The third-order valence-electron chi connectivity index (χ3n) is 4.49. The number of rotatable bonds is 5. The van der Waals surface area contributed by atoms with Crippen molar-refractivity contribution in [3.05, 3.63) is 28.2 Å². The molecule has 0 unspecified atom stereocenters. The summed E-state index contributed by atoms with van der Waals surface area (Å²) in [5.41, 5.74) is 0.333. The van der Waals surface area contributed by atoms with E-state index in [0.717, 1.165) is 19.3 Å². The number of methoxy groups -OCH3 is 1. The van der Waals surface area contributed by atoms with Crippen molar-refractivity contribution >= 4 is 27.8 Å². The molecule has 1 aliphatic carbocycles. The van der Waals surface area contributed by atoms with Gasteiger partial charge in [-0.2, -0.15) is 0 Å². The first kappa shape index (κ1) is 18.8. The van der Waals surface area contributed by atoms with Crippen LogP contribution in [0.25, 0.3) is 0 Å². The van der Waals surface area contributed by atoms with Crippen LogP contribution in [0, 0.1) is 5.92 Å². The van der Waals surface area contributed by atoms with Gasteiger partial charge in [-0.15, -0.1) is 0 Å². The number of hydrogen-bond donors (Lipinski definition) is 1. The zero-order chi connectivity index (χ0) is 17.7. The molecule has 0 aromatic heterocycles. The lowest BCUT2D eigenvalue weighted by molar-refractivity contribution is -0.130. The summed E-state index contributed by atoms with van der Waals surface area (Å²) < 4.78 is 11.0. The number of amides is 1. The number of benzene rings is 1. The summed E-state index contributed by atoms with van der Waals surface area (Å²) in [5, 5.41) is 3.01. The third-order valence-corrected chi connectivity index (χ3v) is 5.18. The lowest BCUT2D eigenvalue weighted by atomic mass is 9.86. The van der Waals surface area contributed by atoms with Crippen LogP contribution in [-0.2, 0) is 9.53 Å². The van der Waals surface area contributed by atoms with Crippen LogP contribution in [0.3, 0.4) is 0 Å². The summed E-state index contributed by atoms with van der Waals surface area (Å²) >= 11 is 3.32. The van der Waals surface area contributed by atoms with Gasteiger partial charge in [0.15, 0.2) is 6.10 Å². The molecule has 0 spiro atoms. The smallest absolute Gasteiger partial charge is 0.340 e. The lowest BCUT2D eigenvalue weighted by Crippen LogP contribution is -2.46. The SMILES string of the molecule is COc1ccc(Br)c(C(=O)O[C@H](C)C(=O)N[C@@H]2CCCC[C@H]2C)c1. The molecule has 1 saturated carbocycles. The van der Waals surface area contributed by atoms with E-state index >= 15 is 0 Å². The maximum Gasteiger partial charge on any atom is 0.340 e. The molecule has 1 aromatic rings. The van der Waals surface area contributed by atoms with Crippen molar-refractivity contribution < 1.29 is 19.1 Å². The van der Waals surface area contributed by atoms with Crippen LogP contribution in [-0.4, -0.2) is 31.1 Å². The summed E-state index contributed by atoms with van der Waals surface area (Å²) in [7, 11) is 1.53. The highest BCUT2D eigenvalue weighted by atomic mass is 79.9. The Labute approximate surface area is 151 Å². The molecule has 1 amide bonds. The Morgan fingerprint density at radius 3 is 2.67 bits per heavy atom. The molecule has 2 rings (SSSR count). The molecule has 3 atom stereocenters. The van der Waals surface area contributed by atoms with Crippen molar-refractivity contribution in [3.63, 3.8) is 0 Å². The number of carbonyl (C=O) groups is 2. The number of carbonyl (C=O) groups excluding carboxylic acids is 2. The van der Waals surface area contributed by atoms with E-state index in [9.17, 15) is 9.59 Å². The maximum atomic E-state index is 12.3. The number of halogens is 1. The number of hydrogen-bond acceptors (Lipinski definition) is 4. The summed E-state index contributed by atoms with van der Waals surface area (Å²) in [5.74, 6) is 0.206. The molecule has 1 aliphatic rings. The Morgan fingerprint density at radius 2 is 2.00 bits per heavy atom. The van der Waals surface area contributed by atoms with E-state index in [0.29, 0.717) is 21.7 Å². The minimum Gasteiger partial charge on any atom is -0.497 e. The first-order valence-corrected chi connectivity index (χ1v) is 9.06. The fourth-order valence-corrected chi connectivity index (χ4v) is 3.30. The van der Waals surface area contributed by atoms with Gasteiger partial charge < -0.3 is 14.8 Å². The lowest BCUT2D eigenvalue weighted by Gasteiger charge is -2.30. The van der Waals surface area contributed by atoms with Crippen LogP contribution in [0.4, 0.5) is 0 Å². The van der Waals surface area contributed by atoms with Crippen molar-refractivity contribution in [2.24, 2.45) is 5.92 Å². The van der Waals surface area contributed by atoms with Gasteiger partial charge >= 0.3 is 5.97 Å². The molecule has 0 heterocycles. The van der Waals surface area contributed by atoms with Crippen LogP contribution in [0.1, 0.15) is 49.9 Å². The van der Waals surface area contributed by atoms with Gasteiger partial charge in [0.2, 0.25) is 0 Å². The molecule has 24 heavy (non-hydrogen) atoms. The zero-order valence-corrected chi connectivity index (χ0v) is 15.9. The van der Waals surface area contributed by atoms with Gasteiger partial charge in [-0.05, 0) is 59.8 Å². The first-order chi connectivity index (χ1) is 11.4. The van der Waals surface area contributed by atoms with Gasteiger partial charge in [0.25, 0.3) is 5.91 Å². The highest BCUT2D eigenvalue weighted by Crippen LogP contribution is 2.25. The van der Waals surface area contributed by atoms with E-state index in [4.69, 9.17) is 9.47 Å². The Hall–Kier alpha value is -1.56. The average molecular weight is 398 g/mol. The fourth-order valence-electron chi connectivity index (χ4n) is 2.90. The third kappa shape index (κ3) is 4.72. The van der Waals surface area contributed by atoms with E-state index in [1.165, 1.54) is 13.5 Å². The van der Waals surface area contributed by atoms with Gasteiger partial charge in [-0.25, -0.2) is 4.79 Å². The highest BCUT2D eigenvalue weighted by Gasteiger charge is 2.27. The van der Waals surface area contributed by atoms with E-state index in [1.807, 2.05) is 0 Å².